The Morgan fingerprint density at radius 2 is 1.96 bits per heavy atom. The predicted molar refractivity (Wildman–Crippen MR) is 87.9 cm³/mol. The van der Waals surface area contributed by atoms with Crippen LogP contribution in [0.25, 0.3) is 20.7 Å². The summed E-state index contributed by atoms with van der Waals surface area (Å²) in [5.41, 5.74) is 0.701. The van der Waals surface area contributed by atoms with Gasteiger partial charge in [0.2, 0.25) is 0 Å². The highest BCUT2D eigenvalue weighted by Gasteiger charge is 2.31. The minimum absolute atomic E-state index is 0.124. The number of halogens is 3. The lowest BCUT2D eigenvalue weighted by atomic mass is 10.2. The lowest BCUT2D eigenvalue weighted by molar-refractivity contribution is -0.274. The average Bonchev–Trinajstić information content (AvgIpc) is 2.96. The second kappa shape index (κ2) is 6.89. The molecule has 0 atom stereocenters. The first kappa shape index (κ1) is 17.5. The van der Waals surface area contributed by atoms with Crippen LogP contribution in [0.1, 0.15) is 0 Å². The monoisotopic (exact) mass is 386 g/mol. The molecule has 130 valence electrons. The van der Waals surface area contributed by atoms with Gasteiger partial charge in [0, 0.05) is 10.3 Å². The number of benzene rings is 1. The molecular formula is C15H9F3N2O3S2. The van der Waals surface area contributed by atoms with Crippen LogP contribution in [0, 0.1) is 0 Å². The lowest BCUT2D eigenvalue weighted by Gasteiger charge is -2.08. The van der Waals surface area contributed by atoms with Gasteiger partial charge >= 0.3 is 12.3 Å². The van der Waals surface area contributed by atoms with E-state index in [4.69, 9.17) is 5.11 Å². The average molecular weight is 386 g/mol. The van der Waals surface area contributed by atoms with Crippen LogP contribution < -0.4 is 4.74 Å². The molecule has 0 radical (unpaired) electrons. The molecule has 1 N–H and O–H groups in total. The van der Waals surface area contributed by atoms with Crippen molar-refractivity contribution in [3.05, 3.63) is 36.7 Å². The summed E-state index contributed by atoms with van der Waals surface area (Å²) in [6, 6.07) is 7.30. The third-order valence-corrected chi connectivity index (χ3v) is 5.08. The molecule has 3 rings (SSSR count). The Kier molecular flexibility index (Phi) is 4.82. The zero-order chi connectivity index (χ0) is 18.0. The second-order valence-electron chi connectivity index (χ2n) is 4.76. The zero-order valence-corrected chi connectivity index (χ0v) is 13.9. The summed E-state index contributed by atoms with van der Waals surface area (Å²) >= 11 is 2.43. The van der Waals surface area contributed by atoms with Gasteiger partial charge < -0.3 is 9.84 Å². The molecule has 0 bridgehead atoms. The summed E-state index contributed by atoms with van der Waals surface area (Å²) < 4.78 is 40.4. The largest absolute Gasteiger partial charge is 0.573 e. The smallest absolute Gasteiger partial charge is 0.481 e. The standard InChI is InChI=1S/C15H9F3N2O3S2/c16-15(17,18)23-9-3-1-8(2-4-9)11-5-10-13(24-6-12(21)22)19-7-20-14(10)25-11/h1-5,7H,6H2,(H,21,22). The number of carbonyl (C=O) groups is 1. The molecular weight excluding hydrogens is 377 g/mol. The molecule has 2 aromatic heterocycles. The molecule has 0 aliphatic carbocycles. The summed E-state index contributed by atoms with van der Waals surface area (Å²) in [7, 11) is 0. The highest BCUT2D eigenvalue weighted by molar-refractivity contribution is 8.00. The van der Waals surface area contributed by atoms with Crippen LogP contribution in [0.4, 0.5) is 13.2 Å². The Morgan fingerprint density at radius 1 is 1.24 bits per heavy atom. The number of aliphatic carboxylic acids is 1. The van der Waals surface area contributed by atoms with E-state index in [1.54, 1.807) is 6.07 Å². The number of thioether (sulfide) groups is 1. The summed E-state index contributed by atoms with van der Waals surface area (Å²) in [6.07, 6.45) is -3.38. The van der Waals surface area contributed by atoms with Crippen molar-refractivity contribution in [2.75, 3.05) is 5.75 Å². The number of fused-ring (bicyclic) bond motifs is 1. The van der Waals surface area contributed by atoms with Gasteiger partial charge in [-0.2, -0.15) is 0 Å². The van der Waals surface area contributed by atoms with Crippen LogP contribution in [0.3, 0.4) is 0 Å². The van der Waals surface area contributed by atoms with E-state index in [0.29, 0.717) is 20.8 Å². The van der Waals surface area contributed by atoms with Crippen molar-refractivity contribution in [1.82, 2.24) is 9.97 Å². The number of alkyl halides is 3. The first-order valence-electron chi connectivity index (χ1n) is 6.77. The number of hydrogen-bond acceptors (Lipinski definition) is 6. The first-order valence-corrected chi connectivity index (χ1v) is 8.57. The van der Waals surface area contributed by atoms with Gasteiger partial charge in [0.1, 0.15) is 21.9 Å². The van der Waals surface area contributed by atoms with Crippen molar-refractivity contribution < 1.29 is 27.8 Å². The molecule has 0 saturated heterocycles. The molecule has 5 nitrogen and oxygen atoms in total. The summed E-state index contributed by atoms with van der Waals surface area (Å²) in [5.74, 6) is -1.37. The van der Waals surface area contributed by atoms with E-state index in [-0.39, 0.29) is 11.5 Å². The summed E-state index contributed by atoms with van der Waals surface area (Å²) in [6.45, 7) is 0. The second-order valence-corrected chi connectivity index (χ2v) is 6.76. The number of carboxylic acids is 1. The molecule has 25 heavy (non-hydrogen) atoms. The van der Waals surface area contributed by atoms with E-state index >= 15 is 0 Å². The summed E-state index contributed by atoms with van der Waals surface area (Å²) in [5, 5.41) is 10.0. The van der Waals surface area contributed by atoms with Crippen molar-refractivity contribution in [1.29, 1.82) is 0 Å². The molecule has 0 spiro atoms. The first-order chi connectivity index (χ1) is 11.8. The van der Waals surface area contributed by atoms with Gasteiger partial charge in [-0.05, 0) is 35.9 Å². The van der Waals surface area contributed by atoms with Gasteiger partial charge in [-0.15, -0.1) is 24.5 Å². The van der Waals surface area contributed by atoms with Gasteiger partial charge in [-0.25, -0.2) is 9.97 Å². The third kappa shape index (κ3) is 4.40. The molecule has 0 saturated carbocycles. The van der Waals surface area contributed by atoms with Crippen molar-refractivity contribution in [2.45, 2.75) is 11.4 Å². The molecule has 0 unspecified atom stereocenters. The van der Waals surface area contributed by atoms with Gasteiger partial charge in [0.05, 0.1) is 5.75 Å². The zero-order valence-electron chi connectivity index (χ0n) is 12.3. The van der Waals surface area contributed by atoms with Crippen LogP contribution in [-0.4, -0.2) is 33.2 Å². The number of rotatable bonds is 5. The lowest BCUT2D eigenvalue weighted by Crippen LogP contribution is -2.16. The topological polar surface area (TPSA) is 72.3 Å². The molecule has 0 amide bonds. The normalized spacial score (nSPS) is 11.6. The number of thiophene rings is 1. The molecule has 3 aromatic rings. The Morgan fingerprint density at radius 3 is 2.60 bits per heavy atom. The maximum atomic E-state index is 12.2. The molecule has 0 fully saturated rings. The molecule has 2 heterocycles. The van der Waals surface area contributed by atoms with Crippen LogP contribution in [-0.2, 0) is 4.79 Å². The van der Waals surface area contributed by atoms with Crippen molar-refractivity contribution in [2.24, 2.45) is 0 Å². The minimum atomic E-state index is -4.73. The number of aromatic nitrogens is 2. The third-order valence-electron chi connectivity index (χ3n) is 3.00. The highest BCUT2D eigenvalue weighted by Crippen LogP contribution is 2.37. The van der Waals surface area contributed by atoms with Crippen molar-refractivity contribution >= 4 is 39.3 Å². The fourth-order valence-electron chi connectivity index (χ4n) is 2.04. The van der Waals surface area contributed by atoms with Gasteiger partial charge in [0.15, 0.2) is 0 Å². The molecule has 0 aliphatic heterocycles. The van der Waals surface area contributed by atoms with E-state index in [1.807, 2.05) is 0 Å². The van der Waals surface area contributed by atoms with Gasteiger partial charge in [-0.3, -0.25) is 4.79 Å². The summed E-state index contributed by atoms with van der Waals surface area (Å²) in [4.78, 5) is 20.4. The number of nitrogens with zero attached hydrogens (tertiary/aromatic N) is 2. The van der Waals surface area contributed by atoms with E-state index in [1.165, 1.54) is 41.9 Å². The van der Waals surface area contributed by atoms with Crippen molar-refractivity contribution in [3.63, 3.8) is 0 Å². The van der Waals surface area contributed by atoms with Gasteiger partial charge in [0.25, 0.3) is 0 Å². The van der Waals surface area contributed by atoms with E-state index in [0.717, 1.165) is 16.6 Å². The van der Waals surface area contributed by atoms with Crippen LogP contribution in [0.5, 0.6) is 5.75 Å². The fourth-order valence-corrected chi connectivity index (χ4v) is 3.80. The highest BCUT2D eigenvalue weighted by atomic mass is 32.2. The number of hydrogen-bond donors (Lipinski definition) is 1. The minimum Gasteiger partial charge on any atom is -0.481 e. The maximum Gasteiger partial charge on any atom is 0.573 e. The number of ether oxygens (including phenoxy) is 1. The van der Waals surface area contributed by atoms with E-state index in [2.05, 4.69) is 14.7 Å². The van der Waals surface area contributed by atoms with Crippen LogP contribution in [0.2, 0.25) is 0 Å². The quantitative estimate of drug-likeness (QED) is 0.517. The fraction of sp³-hybridized carbons (Fsp3) is 0.133. The Balaban J connectivity index is 1.89. The Hall–Kier alpha value is -2.33. The Bertz CT molecular complexity index is 911. The number of carboxylic acid groups (broad SMARTS) is 1. The van der Waals surface area contributed by atoms with E-state index in [9.17, 15) is 18.0 Å². The van der Waals surface area contributed by atoms with Crippen molar-refractivity contribution in [3.8, 4) is 16.2 Å². The van der Waals surface area contributed by atoms with Crippen LogP contribution >= 0.6 is 23.1 Å². The van der Waals surface area contributed by atoms with Crippen LogP contribution in [0.15, 0.2) is 41.7 Å². The molecule has 1 aromatic carbocycles. The Labute approximate surface area is 147 Å². The molecule has 10 heteroatoms. The maximum absolute atomic E-state index is 12.2. The SMILES string of the molecule is O=C(O)CSc1ncnc2sc(-c3ccc(OC(F)(F)F)cc3)cc12. The van der Waals surface area contributed by atoms with E-state index < -0.39 is 12.3 Å². The molecule has 0 aliphatic rings. The predicted octanol–water partition coefficient (Wildman–Crippen LogP) is 4.43. The van der Waals surface area contributed by atoms with Gasteiger partial charge in [-0.1, -0.05) is 11.8 Å².